The summed E-state index contributed by atoms with van der Waals surface area (Å²) in [5, 5.41) is 1.09. The third kappa shape index (κ3) is 3.69. The molecule has 0 fully saturated rings. The number of aromatic amines is 1. The Balaban J connectivity index is 2.27. The van der Waals surface area contributed by atoms with Crippen LogP contribution in [0.25, 0.3) is 5.65 Å². The zero-order valence-electron chi connectivity index (χ0n) is 12.3. The van der Waals surface area contributed by atoms with Crippen LogP contribution in [-0.4, -0.2) is 28.9 Å². The van der Waals surface area contributed by atoms with E-state index in [2.05, 4.69) is 18.8 Å². The van der Waals surface area contributed by atoms with E-state index < -0.39 is 0 Å². The molecule has 21 heavy (non-hydrogen) atoms. The summed E-state index contributed by atoms with van der Waals surface area (Å²) in [5.41, 5.74) is 1.57. The van der Waals surface area contributed by atoms with Crippen molar-refractivity contribution >= 4 is 34.8 Å². The van der Waals surface area contributed by atoms with Crippen molar-refractivity contribution in [2.75, 3.05) is 13.1 Å². The molecule has 0 unspecified atom stereocenters. The highest BCUT2D eigenvalue weighted by Gasteiger charge is 2.23. The Morgan fingerprint density at radius 3 is 2.52 bits per heavy atom. The van der Waals surface area contributed by atoms with Gasteiger partial charge in [-0.25, -0.2) is 4.98 Å². The van der Waals surface area contributed by atoms with Crippen LogP contribution in [0.5, 0.6) is 0 Å². The van der Waals surface area contributed by atoms with Gasteiger partial charge in [-0.1, -0.05) is 25.4 Å². The van der Waals surface area contributed by atoms with E-state index >= 15 is 0 Å². The highest BCUT2D eigenvalue weighted by atomic mass is 35.5. The normalized spacial score (nSPS) is 11.0. The first-order valence-electron chi connectivity index (χ1n) is 7.21. The zero-order chi connectivity index (χ0) is 15.4. The molecule has 0 bridgehead atoms. The van der Waals surface area contributed by atoms with Crippen molar-refractivity contribution in [3.05, 3.63) is 34.2 Å². The molecule has 1 N–H and O–H groups in total. The molecule has 2 aromatic heterocycles. The number of hydrogen-bond donors (Lipinski definition) is 1. The van der Waals surface area contributed by atoms with Crippen molar-refractivity contribution in [1.82, 2.24) is 9.88 Å². The fraction of sp³-hybridized carbons (Fsp3) is 0.467. The van der Waals surface area contributed by atoms with Gasteiger partial charge in [0, 0.05) is 19.2 Å². The van der Waals surface area contributed by atoms with E-state index in [1.807, 2.05) is 15.4 Å². The highest BCUT2D eigenvalue weighted by Crippen LogP contribution is 2.16. The number of amides is 1. The summed E-state index contributed by atoms with van der Waals surface area (Å²) in [6.45, 7) is 5.70. The quantitative estimate of drug-likeness (QED) is 0.812. The molecule has 0 spiro atoms. The second kappa shape index (κ2) is 7.14. The van der Waals surface area contributed by atoms with Crippen LogP contribution in [0.3, 0.4) is 0 Å². The van der Waals surface area contributed by atoms with Crippen molar-refractivity contribution in [2.24, 2.45) is 0 Å². The standard InChI is InChI=1S/C15H19Cl2N3O/c1-3-7-19(8-4-2)14(21)9-12-15(17)18-13-6-5-11(16)10-20(12)13/h5-6,10H,3-4,7-9H2,1-2H3/p+1. The zero-order valence-corrected chi connectivity index (χ0v) is 13.8. The largest absolute Gasteiger partial charge is 0.342 e. The van der Waals surface area contributed by atoms with Gasteiger partial charge < -0.3 is 4.90 Å². The summed E-state index contributed by atoms with van der Waals surface area (Å²) in [7, 11) is 0. The molecule has 2 heterocycles. The number of nitrogens with zero attached hydrogens (tertiary/aromatic N) is 2. The first kappa shape index (κ1) is 16.1. The maximum absolute atomic E-state index is 12.5. The average Bonchev–Trinajstić information content (AvgIpc) is 2.75. The number of carbonyl (C=O) groups excluding carboxylic acids is 1. The van der Waals surface area contributed by atoms with E-state index in [1.165, 1.54) is 0 Å². The van der Waals surface area contributed by atoms with Crippen molar-refractivity contribution < 1.29 is 9.20 Å². The SMILES string of the molecule is CCCN(CCC)C(=O)Cc1c(Cl)[nH]c2ccc(Cl)c[n+]12. The summed E-state index contributed by atoms with van der Waals surface area (Å²) >= 11 is 12.3. The number of pyridine rings is 1. The predicted octanol–water partition coefficient (Wildman–Crippen LogP) is 3.25. The molecule has 0 saturated heterocycles. The lowest BCUT2D eigenvalue weighted by atomic mass is 10.2. The van der Waals surface area contributed by atoms with Crippen LogP contribution in [-0.2, 0) is 11.2 Å². The maximum Gasteiger partial charge on any atom is 0.285 e. The second-order valence-corrected chi connectivity index (χ2v) is 5.86. The number of hydrogen-bond acceptors (Lipinski definition) is 1. The fourth-order valence-corrected chi connectivity index (χ4v) is 2.82. The van der Waals surface area contributed by atoms with Gasteiger partial charge in [-0.3, -0.25) is 4.79 Å². The first-order valence-corrected chi connectivity index (χ1v) is 7.97. The molecular weight excluding hydrogens is 309 g/mol. The smallest absolute Gasteiger partial charge is 0.285 e. The lowest BCUT2D eigenvalue weighted by Gasteiger charge is -2.20. The molecule has 1 amide bonds. The minimum absolute atomic E-state index is 0.0916. The number of nitrogens with one attached hydrogen (secondary N) is 1. The van der Waals surface area contributed by atoms with Crippen molar-refractivity contribution in [1.29, 1.82) is 0 Å². The molecule has 6 heteroatoms. The van der Waals surface area contributed by atoms with E-state index in [-0.39, 0.29) is 12.3 Å². The van der Waals surface area contributed by atoms with Gasteiger partial charge in [0.25, 0.3) is 5.65 Å². The summed E-state index contributed by atoms with van der Waals surface area (Å²) in [6, 6.07) is 3.63. The minimum atomic E-state index is 0.0916. The molecular formula is C15H20Cl2N3O+. The lowest BCUT2D eigenvalue weighted by molar-refractivity contribution is -0.518. The van der Waals surface area contributed by atoms with Gasteiger partial charge in [-0.05, 0) is 30.5 Å². The van der Waals surface area contributed by atoms with Crippen LogP contribution >= 0.6 is 23.2 Å². The van der Waals surface area contributed by atoms with E-state index in [9.17, 15) is 4.79 Å². The van der Waals surface area contributed by atoms with E-state index in [1.54, 1.807) is 12.3 Å². The van der Waals surface area contributed by atoms with Gasteiger partial charge in [0.2, 0.25) is 11.1 Å². The summed E-state index contributed by atoms with van der Waals surface area (Å²) in [6.07, 6.45) is 3.94. The average molecular weight is 329 g/mol. The Kier molecular flexibility index (Phi) is 5.48. The van der Waals surface area contributed by atoms with Gasteiger partial charge >= 0.3 is 0 Å². The first-order chi connectivity index (χ1) is 10.1. The fourth-order valence-electron chi connectivity index (χ4n) is 2.41. The molecule has 0 aliphatic rings. The Morgan fingerprint density at radius 2 is 1.90 bits per heavy atom. The summed E-state index contributed by atoms with van der Waals surface area (Å²) in [5.74, 6) is 0.0916. The van der Waals surface area contributed by atoms with Crippen molar-refractivity contribution in [3.63, 3.8) is 0 Å². The van der Waals surface area contributed by atoms with Gasteiger partial charge in [0.05, 0.1) is 11.4 Å². The molecule has 0 saturated carbocycles. The molecule has 0 aromatic carbocycles. The van der Waals surface area contributed by atoms with Gasteiger partial charge in [-0.2, -0.15) is 4.40 Å². The number of rotatable bonds is 6. The van der Waals surface area contributed by atoms with Crippen LogP contribution in [0.2, 0.25) is 10.2 Å². The number of imidazole rings is 1. The van der Waals surface area contributed by atoms with Crippen LogP contribution < -0.4 is 4.40 Å². The lowest BCUT2D eigenvalue weighted by Crippen LogP contribution is -2.36. The van der Waals surface area contributed by atoms with E-state index in [0.717, 1.165) is 37.3 Å². The third-order valence-corrected chi connectivity index (χ3v) is 3.89. The Morgan fingerprint density at radius 1 is 1.24 bits per heavy atom. The molecule has 0 aliphatic heterocycles. The topological polar surface area (TPSA) is 40.2 Å². The number of aromatic nitrogens is 2. The molecule has 2 rings (SSSR count). The number of H-pyrrole nitrogens is 1. The molecule has 114 valence electrons. The van der Waals surface area contributed by atoms with Crippen LogP contribution in [0, 0.1) is 0 Å². The van der Waals surface area contributed by atoms with Crippen LogP contribution in [0.4, 0.5) is 0 Å². The van der Waals surface area contributed by atoms with Gasteiger partial charge in [0.1, 0.15) is 6.20 Å². The molecule has 4 nitrogen and oxygen atoms in total. The third-order valence-electron chi connectivity index (χ3n) is 3.35. The molecule has 0 atom stereocenters. The van der Waals surface area contributed by atoms with E-state index in [4.69, 9.17) is 23.2 Å². The summed E-state index contributed by atoms with van der Waals surface area (Å²) < 4.78 is 1.85. The molecule has 0 radical (unpaired) electrons. The van der Waals surface area contributed by atoms with Gasteiger partial charge in [0.15, 0.2) is 5.69 Å². The van der Waals surface area contributed by atoms with E-state index in [0.29, 0.717) is 10.2 Å². The summed E-state index contributed by atoms with van der Waals surface area (Å²) in [4.78, 5) is 17.4. The number of carbonyl (C=O) groups is 1. The minimum Gasteiger partial charge on any atom is -0.342 e. The van der Waals surface area contributed by atoms with Crippen LogP contribution in [0.1, 0.15) is 32.4 Å². The molecule has 0 aliphatic carbocycles. The monoisotopic (exact) mass is 328 g/mol. The highest BCUT2D eigenvalue weighted by molar-refractivity contribution is 6.31. The van der Waals surface area contributed by atoms with Gasteiger partial charge in [-0.15, -0.1) is 0 Å². The van der Waals surface area contributed by atoms with Crippen molar-refractivity contribution in [3.8, 4) is 0 Å². The second-order valence-electron chi connectivity index (χ2n) is 5.05. The molecule has 2 aromatic rings. The number of halogens is 2. The van der Waals surface area contributed by atoms with Crippen LogP contribution in [0.15, 0.2) is 18.3 Å². The Hall–Kier alpha value is -1.26. The predicted molar refractivity (Wildman–Crippen MR) is 84.8 cm³/mol. The Bertz CT molecular complexity index is 633. The van der Waals surface area contributed by atoms with Crippen molar-refractivity contribution in [2.45, 2.75) is 33.1 Å². The Labute approximate surface area is 134 Å². The maximum atomic E-state index is 12.5. The number of fused-ring (bicyclic) bond motifs is 1.